The van der Waals surface area contributed by atoms with E-state index >= 15 is 0 Å². The molecule has 1 aliphatic heterocycles. The Balaban J connectivity index is 2.04. The minimum atomic E-state index is -0.00519. The molecule has 1 aliphatic carbocycles. The molecule has 1 saturated heterocycles. The van der Waals surface area contributed by atoms with Crippen molar-refractivity contribution in [2.24, 2.45) is 11.8 Å². The highest BCUT2D eigenvalue weighted by Gasteiger charge is 2.43. The number of hydrogen-bond acceptors (Lipinski definition) is 3. The van der Waals surface area contributed by atoms with Crippen molar-refractivity contribution < 1.29 is 9.53 Å². The van der Waals surface area contributed by atoms with Crippen molar-refractivity contribution in [1.82, 2.24) is 0 Å². The van der Waals surface area contributed by atoms with Crippen LogP contribution in [0.15, 0.2) is 0 Å². The maximum atomic E-state index is 11.3. The van der Waals surface area contributed by atoms with Crippen molar-refractivity contribution in [3.8, 4) is 0 Å². The van der Waals surface area contributed by atoms with E-state index in [9.17, 15) is 4.79 Å². The Morgan fingerprint density at radius 1 is 1.50 bits per heavy atom. The number of carbonyl (C=O) groups excluding carboxylic acids is 1. The van der Waals surface area contributed by atoms with Gasteiger partial charge in [0, 0.05) is 0 Å². The summed E-state index contributed by atoms with van der Waals surface area (Å²) >= 11 is 1.79. The van der Waals surface area contributed by atoms with Crippen LogP contribution in [0.3, 0.4) is 0 Å². The predicted molar refractivity (Wildman–Crippen MR) is 49.1 cm³/mol. The van der Waals surface area contributed by atoms with E-state index in [-0.39, 0.29) is 11.2 Å². The van der Waals surface area contributed by atoms with Crippen molar-refractivity contribution >= 4 is 17.7 Å². The fourth-order valence-electron chi connectivity index (χ4n) is 2.38. The number of methoxy groups -OCH3 is 1. The minimum Gasteiger partial charge on any atom is -0.468 e. The molecule has 0 amide bonds. The summed E-state index contributed by atoms with van der Waals surface area (Å²) in [6.45, 7) is 0. The second kappa shape index (κ2) is 3.29. The van der Waals surface area contributed by atoms with Gasteiger partial charge in [-0.05, 0) is 30.4 Å². The summed E-state index contributed by atoms with van der Waals surface area (Å²) in [6, 6.07) is 0. The molecule has 0 aromatic heterocycles. The Morgan fingerprint density at radius 3 is 3.08 bits per heavy atom. The number of rotatable bonds is 1. The zero-order valence-corrected chi connectivity index (χ0v) is 8.10. The maximum Gasteiger partial charge on any atom is 0.319 e. The molecule has 0 aromatic carbocycles. The van der Waals surface area contributed by atoms with Crippen molar-refractivity contribution in [3.05, 3.63) is 0 Å². The average Bonchev–Trinajstić information content (AvgIpc) is 2.62. The van der Waals surface area contributed by atoms with Crippen molar-refractivity contribution in [1.29, 1.82) is 0 Å². The quantitative estimate of drug-likeness (QED) is 0.583. The fourth-order valence-corrected chi connectivity index (χ4v) is 4.09. The normalized spacial score (nSPS) is 39.6. The molecule has 3 atom stereocenters. The Morgan fingerprint density at radius 2 is 2.33 bits per heavy atom. The van der Waals surface area contributed by atoms with Crippen LogP contribution in [0.5, 0.6) is 0 Å². The van der Waals surface area contributed by atoms with E-state index in [0.29, 0.717) is 5.92 Å². The largest absolute Gasteiger partial charge is 0.468 e. The molecule has 2 nitrogen and oxygen atoms in total. The maximum absolute atomic E-state index is 11.3. The van der Waals surface area contributed by atoms with Gasteiger partial charge in [0.05, 0.1) is 7.11 Å². The Labute approximate surface area is 77.0 Å². The molecule has 0 bridgehead atoms. The number of ether oxygens (including phenoxy) is 1. The summed E-state index contributed by atoms with van der Waals surface area (Å²) in [4.78, 5) is 11.3. The third-order valence-corrected chi connectivity index (χ3v) is 4.55. The van der Waals surface area contributed by atoms with Gasteiger partial charge in [0.2, 0.25) is 0 Å². The van der Waals surface area contributed by atoms with Crippen LogP contribution in [0.1, 0.15) is 19.3 Å². The van der Waals surface area contributed by atoms with Gasteiger partial charge in [-0.15, -0.1) is 11.8 Å². The first-order valence-electron chi connectivity index (χ1n) is 4.52. The lowest BCUT2D eigenvalue weighted by Gasteiger charge is -2.14. The van der Waals surface area contributed by atoms with Crippen molar-refractivity contribution in [2.75, 3.05) is 12.9 Å². The minimum absolute atomic E-state index is 0.00519. The molecule has 3 heteroatoms. The first kappa shape index (κ1) is 8.42. The Hall–Kier alpha value is -0.180. The van der Waals surface area contributed by atoms with Gasteiger partial charge < -0.3 is 4.74 Å². The van der Waals surface area contributed by atoms with Crippen LogP contribution >= 0.6 is 11.8 Å². The number of carbonyl (C=O) groups is 1. The zero-order valence-electron chi connectivity index (χ0n) is 7.29. The van der Waals surface area contributed by atoms with Crippen LogP contribution in [-0.4, -0.2) is 24.1 Å². The molecule has 68 valence electrons. The molecule has 1 heterocycles. The third kappa shape index (κ3) is 1.24. The van der Waals surface area contributed by atoms with E-state index in [2.05, 4.69) is 0 Å². The Kier molecular flexibility index (Phi) is 2.31. The molecule has 0 aromatic rings. The lowest BCUT2D eigenvalue weighted by Crippen LogP contribution is -2.24. The van der Waals surface area contributed by atoms with Crippen LogP contribution in [0.25, 0.3) is 0 Å². The number of esters is 1. The smallest absolute Gasteiger partial charge is 0.319 e. The van der Waals surface area contributed by atoms with Gasteiger partial charge in [0.25, 0.3) is 0 Å². The topological polar surface area (TPSA) is 26.3 Å². The predicted octanol–water partition coefficient (Wildman–Crippen LogP) is 1.69. The van der Waals surface area contributed by atoms with Gasteiger partial charge in [-0.3, -0.25) is 4.79 Å². The molecule has 0 radical (unpaired) electrons. The van der Waals surface area contributed by atoms with Gasteiger partial charge in [0.1, 0.15) is 5.25 Å². The summed E-state index contributed by atoms with van der Waals surface area (Å²) in [5, 5.41) is 0.155. The molecule has 0 N–H and O–H groups in total. The highest BCUT2D eigenvalue weighted by Crippen LogP contribution is 2.47. The van der Waals surface area contributed by atoms with Crippen LogP contribution in [0.2, 0.25) is 0 Å². The number of thioether (sulfide) groups is 1. The zero-order chi connectivity index (χ0) is 8.55. The lowest BCUT2D eigenvalue weighted by atomic mass is 9.95. The number of hydrogen-bond donors (Lipinski definition) is 0. The molecular weight excluding hydrogens is 172 g/mol. The molecule has 12 heavy (non-hydrogen) atoms. The summed E-state index contributed by atoms with van der Waals surface area (Å²) in [7, 11) is 1.49. The van der Waals surface area contributed by atoms with Crippen molar-refractivity contribution in [3.63, 3.8) is 0 Å². The molecule has 2 aliphatic rings. The van der Waals surface area contributed by atoms with Crippen LogP contribution in [0, 0.1) is 11.8 Å². The van der Waals surface area contributed by atoms with Gasteiger partial charge >= 0.3 is 5.97 Å². The first-order chi connectivity index (χ1) is 5.83. The summed E-state index contributed by atoms with van der Waals surface area (Å²) in [5.74, 6) is 2.60. The molecule has 2 fully saturated rings. The SMILES string of the molecule is COC(=O)C1SCC2CCCC21. The molecule has 2 rings (SSSR count). The molecule has 0 spiro atoms. The standard InChI is InChI=1S/C9H14O2S/c1-11-9(10)8-7-4-2-3-6(7)5-12-8/h6-8H,2-5H2,1H3. The van der Waals surface area contributed by atoms with E-state index in [0.717, 1.165) is 5.92 Å². The second-order valence-electron chi connectivity index (χ2n) is 3.63. The lowest BCUT2D eigenvalue weighted by molar-refractivity contribution is -0.141. The van der Waals surface area contributed by atoms with E-state index in [4.69, 9.17) is 4.74 Å². The third-order valence-electron chi connectivity index (χ3n) is 3.03. The Bertz CT molecular complexity index is 193. The molecule has 1 saturated carbocycles. The average molecular weight is 186 g/mol. The van der Waals surface area contributed by atoms with E-state index in [1.807, 2.05) is 0 Å². The van der Waals surface area contributed by atoms with Crippen LogP contribution in [-0.2, 0) is 9.53 Å². The highest BCUT2D eigenvalue weighted by atomic mass is 32.2. The molecular formula is C9H14O2S. The summed E-state index contributed by atoms with van der Waals surface area (Å²) < 4.78 is 4.78. The van der Waals surface area contributed by atoms with E-state index < -0.39 is 0 Å². The monoisotopic (exact) mass is 186 g/mol. The van der Waals surface area contributed by atoms with Crippen molar-refractivity contribution in [2.45, 2.75) is 24.5 Å². The fraction of sp³-hybridized carbons (Fsp3) is 0.889. The second-order valence-corrected chi connectivity index (χ2v) is 4.81. The van der Waals surface area contributed by atoms with Gasteiger partial charge in [-0.25, -0.2) is 0 Å². The van der Waals surface area contributed by atoms with Crippen LogP contribution < -0.4 is 0 Å². The van der Waals surface area contributed by atoms with Crippen LogP contribution in [0.4, 0.5) is 0 Å². The highest BCUT2D eigenvalue weighted by molar-refractivity contribution is 8.00. The van der Waals surface area contributed by atoms with E-state index in [1.54, 1.807) is 11.8 Å². The van der Waals surface area contributed by atoms with Gasteiger partial charge in [-0.1, -0.05) is 6.42 Å². The molecule has 3 unspecified atom stereocenters. The van der Waals surface area contributed by atoms with E-state index in [1.165, 1.54) is 32.1 Å². The number of fused-ring (bicyclic) bond motifs is 1. The first-order valence-corrected chi connectivity index (χ1v) is 5.57. The van der Waals surface area contributed by atoms with Gasteiger partial charge in [0.15, 0.2) is 0 Å². The summed E-state index contributed by atoms with van der Waals surface area (Å²) in [6.07, 6.45) is 3.87. The summed E-state index contributed by atoms with van der Waals surface area (Å²) in [5.41, 5.74) is 0. The van der Waals surface area contributed by atoms with Gasteiger partial charge in [-0.2, -0.15) is 0 Å².